The molecule has 2 fully saturated rings. The van der Waals surface area contributed by atoms with Crippen molar-refractivity contribution in [1.29, 1.82) is 0 Å². The molecule has 1 aromatic heterocycles. The molecule has 144 valence electrons. The first-order chi connectivity index (χ1) is 13.1. The van der Waals surface area contributed by atoms with E-state index < -0.39 is 0 Å². The van der Waals surface area contributed by atoms with Crippen LogP contribution in [-0.4, -0.2) is 32.5 Å². The Morgan fingerprint density at radius 2 is 2.00 bits per heavy atom. The number of thioether (sulfide) groups is 1. The lowest BCUT2D eigenvalue weighted by Gasteiger charge is -2.29. The lowest BCUT2D eigenvalue weighted by molar-refractivity contribution is -0.119. The van der Waals surface area contributed by atoms with Crippen LogP contribution in [-0.2, 0) is 4.79 Å². The zero-order valence-electron chi connectivity index (χ0n) is 15.5. The third-order valence-electron chi connectivity index (χ3n) is 5.48. The summed E-state index contributed by atoms with van der Waals surface area (Å²) in [5.74, 6) is 1.14. The van der Waals surface area contributed by atoms with E-state index in [1.165, 1.54) is 37.1 Å². The third-order valence-corrected chi connectivity index (χ3v) is 6.42. The number of aromatic nitrogens is 3. The Morgan fingerprint density at radius 1 is 1.22 bits per heavy atom. The van der Waals surface area contributed by atoms with Gasteiger partial charge in [0.25, 0.3) is 0 Å². The summed E-state index contributed by atoms with van der Waals surface area (Å²) in [7, 11) is 0. The average molecular weight is 389 g/mol. The van der Waals surface area contributed by atoms with E-state index in [1.807, 2.05) is 4.57 Å². The Hall–Kier alpha value is -1.89. The fraction of sp³-hybridized carbons (Fsp3) is 0.550. The van der Waals surface area contributed by atoms with Crippen molar-refractivity contribution in [3.05, 3.63) is 30.1 Å². The van der Waals surface area contributed by atoms with Gasteiger partial charge in [0.05, 0.1) is 11.3 Å². The number of halogens is 1. The van der Waals surface area contributed by atoms with E-state index in [-0.39, 0.29) is 17.8 Å². The van der Waals surface area contributed by atoms with Crippen molar-refractivity contribution in [1.82, 2.24) is 20.1 Å². The molecule has 2 aliphatic rings. The smallest absolute Gasteiger partial charge is 0.230 e. The van der Waals surface area contributed by atoms with Gasteiger partial charge in [-0.2, -0.15) is 0 Å². The molecule has 7 heteroatoms. The molecule has 0 radical (unpaired) electrons. The van der Waals surface area contributed by atoms with Crippen molar-refractivity contribution in [2.24, 2.45) is 5.92 Å². The van der Waals surface area contributed by atoms with Gasteiger partial charge in [0.15, 0.2) is 11.0 Å². The van der Waals surface area contributed by atoms with Gasteiger partial charge in [-0.05, 0) is 43.7 Å². The van der Waals surface area contributed by atoms with Gasteiger partial charge in [-0.25, -0.2) is 4.39 Å². The van der Waals surface area contributed by atoms with Crippen LogP contribution in [0.5, 0.6) is 0 Å². The van der Waals surface area contributed by atoms with E-state index >= 15 is 0 Å². The maximum Gasteiger partial charge on any atom is 0.230 e. The summed E-state index contributed by atoms with van der Waals surface area (Å²) in [5, 5.41) is 12.4. The first-order valence-corrected chi connectivity index (χ1v) is 10.7. The van der Waals surface area contributed by atoms with Gasteiger partial charge in [0.2, 0.25) is 5.91 Å². The van der Waals surface area contributed by atoms with Crippen LogP contribution in [0, 0.1) is 11.7 Å². The molecule has 0 saturated heterocycles. The molecule has 0 spiro atoms. The predicted octanol–water partition coefficient (Wildman–Crippen LogP) is 4.21. The molecule has 0 bridgehead atoms. The quantitative estimate of drug-likeness (QED) is 0.753. The van der Waals surface area contributed by atoms with E-state index in [9.17, 15) is 9.18 Å². The normalized spacial score (nSPS) is 22.6. The van der Waals surface area contributed by atoms with Crippen molar-refractivity contribution in [3.8, 4) is 11.4 Å². The molecular formula is C20H25FN4OS. The number of amides is 1. The van der Waals surface area contributed by atoms with E-state index in [0.717, 1.165) is 19.3 Å². The van der Waals surface area contributed by atoms with Crippen LogP contribution in [0.25, 0.3) is 11.4 Å². The number of hydrogen-bond acceptors (Lipinski definition) is 4. The summed E-state index contributed by atoms with van der Waals surface area (Å²) < 4.78 is 16.2. The average Bonchev–Trinajstić information content (AvgIpc) is 3.42. The zero-order chi connectivity index (χ0) is 18.8. The molecule has 2 saturated carbocycles. The standard InChI is InChI=1S/C20H25FN4OS/c1-13-6-2-5-9-17(13)22-18(26)12-27-20-24-23-19(25(20)14-10-11-14)15-7-3-4-8-16(15)21/h3-4,7-8,13-14,17H,2,5-6,9-12H2,1H3,(H,22,26)/t13-,17-/m0/s1. The highest BCUT2D eigenvalue weighted by molar-refractivity contribution is 7.99. The molecular weight excluding hydrogens is 363 g/mol. The Bertz CT molecular complexity index is 820. The Morgan fingerprint density at radius 3 is 2.74 bits per heavy atom. The number of nitrogens with one attached hydrogen (secondary N) is 1. The van der Waals surface area contributed by atoms with Gasteiger partial charge in [-0.1, -0.05) is 43.7 Å². The monoisotopic (exact) mass is 388 g/mol. The van der Waals surface area contributed by atoms with Crippen LogP contribution in [0.3, 0.4) is 0 Å². The minimum atomic E-state index is -0.299. The zero-order valence-corrected chi connectivity index (χ0v) is 16.3. The minimum Gasteiger partial charge on any atom is -0.352 e. The van der Waals surface area contributed by atoms with Crippen molar-refractivity contribution in [3.63, 3.8) is 0 Å². The second-order valence-corrected chi connectivity index (χ2v) is 8.55. The van der Waals surface area contributed by atoms with Crippen molar-refractivity contribution in [2.75, 3.05) is 5.75 Å². The molecule has 5 nitrogen and oxygen atoms in total. The van der Waals surface area contributed by atoms with Gasteiger partial charge in [0, 0.05) is 12.1 Å². The molecule has 2 atom stereocenters. The summed E-state index contributed by atoms with van der Waals surface area (Å²) in [6.45, 7) is 2.21. The number of carbonyl (C=O) groups is 1. The number of hydrogen-bond donors (Lipinski definition) is 1. The second-order valence-electron chi connectivity index (χ2n) is 7.61. The lowest BCUT2D eigenvalue weighted by Crippen LogP contribution is -2.41. The SMILES string of the molecule is C[C@H]1CCCC[C@@H]1NC(=O)CSc1nnc(-c2ccccc2F)n1C1CC1. The second kappa shape index (κ2) is 8.00. The minimum absolute atomic E-state index is 0.0385. The van der Waals surface area contributed by atoms with Crippen molar-refractivity contribution < 1.29 is 9.18 Å². The molecule has 1 heterocycles. The van der Waals surface area contributed by atoms with Crippen LogP contribution in [0.2, 0.25) is 0 Å². The van der Waals surface area contributed by atoms with Crippen molar-refractivity contribution >= 4 is 17.7 Å². The van der Waals surface area contributed by atoms with Gasteiger partial charge in [-0.3, -0.25) is 9.36 Å². The van der Waals surface area contributed by atoms with Gasteiger partial charge >= 0.3 is 0 Å². The first-order valence-electron chi connectivity index (χ1n) is 9.75. The third kappa shape index (κ3) is 4.18. The molecule has 2 aliphatic carbocycles. The van der Waals surface area contributed by atoms with E-state index in [1.54, 1.807) is 18.2 Å². The van der Waals surface area contributed by atoms with Crippen molar-refractivity contribution in [2.45, 2.75) is 62.7 Å². The van der Waals surface area contributed by atoms with E-state index in [4.69, 9.17) is 0 Å². The Balaban J connectivity index is 1.45. The van der Waals surface area contributed by atoms with Crippen LogP contribution >= 0.6 is 11.8 Å². The summed E-state index contributed by atoms with van der Waals surface area (Å²) in [6.07, 6.45) is 6.76. The number of nitrogens with zero attached hydrogens (tertiary/aromatic N) is 3. The topological polar surface area (TPSA) is 59.8 Å². The van der Waals surface area contributed by atoms with Crippen LogP contribution < -0.4 is 5.32 Å². The highest BCUT2D eigenvalue weighted by atomic mass is 32.2. The summed E-state index contributed by atoms with van der Waals surface area (Å²) in [5.41, 5.74) is 0.462. The highest BCUT2D eigenvalue weighted by Crippen LogP contribution is 2.41. The summed E-state index contributed by atoms with van der Waals surface area (Å²) in [6, 6.07) is 7.22. The van der Waals surface area contributed by atoms with Gasteiger partial charge in [-0.15, -0.1) is 10.2 Å². The number of benzene rings is 1. The molecule has 2 aromatic rings. The van der Waals surface area contributed by atoms with E-state index in [2.05, 4.69) is 22.4 Å². The first kappa shape index (κ1) is 18.5. The highest BCUT2D eigenvalue weighted by Gasteiger charge is 2.31. The fourth-order valence-electron chi connectivity index (χ4n) is 3.77. The molecule has 0 aliphatic heterocycles. The maximum atomic E-state index is 14.2. The number of carbonyl (C=O) groups excluding carboxylic acids is 1. The Kier molecular flexibility index (Phi) is 5.48. The maximum absolute atomic E-state index is 14.2. The largest absolute Gasteiger partial charge is 0.352 e. The summed E-state index contributed by atoms with van der Waals surface area (Å²) in [4.78, 5) is 12.4. The fourth-order valence-corrected chi connectivity index (χ4v) is 4.59. The molecule has 1 amide bonds. The van der Waals surface area contributed by atoms with Crippen LogP contribution in [0.15, 0.2) is 29.4 Å². The molecule has 0 unspecified atom stereocenters. The summed E-state index contributed by atoms with van der Waals surface area (Å²) >= 11 is 1.39. The Labute approximate surface area is 163 Å². The molecule has 27 heavy (non-hydrogen) atoms. The lowest BCUT2D eigenvalue weighted by atomic mass is 9.86. The number of rotatable bonds is 6. The molecule has 1 aromatic carbocycles. The van der Waals surface area contributed by atoms with Gasteiger partial charge < -0.3 is 5.32 Å². The van der Waals surface area contributed by atoms with E-state index in [0.29, 0.717) is 34.3 Å². The molecule has 4 rings (SSSR count). The van der Waals surface area contributed by atoms with Crippen LogP contribution in [0.4, 0.5) is 4.39 Å². The van der Waals surface area contributed by atoms with Crippen LogP contribution in [0.1, 0.15) is 51.5 Å². The predicted molar refractivity (Wildman–Crippen MR) is 104 cm³/mol. The molecule has 1 N–H and O–H groups in total. The van der Waals surface area contributed by atoms with Gasteiger partial charge in [0.1, 0.15) is 5.82 Å².